The van der Waals surface area contributed by atoms with E-state index < -0.39 is 6.03 Å². The van der Waals surface area contributed by atoms with Crippen molar-refractivity contribution < 1.29 is 9.59 Å². The first-order chi connectivity index (χ1) is 9.43. The molecule has 1 aliphatic heterocycles. The summed E-state index contributed by atoms with van der Waals surface area (Å²) in [5, 5.41) is 2.46. The van der Waals surface area contributed by atoms with Crippen LogP contribution in [0, 0.1) is 5.41 Å². The van der Waals surface area contributed by atoms with Gasteiger partial charge in [0, 0.05) is 24.3 Å². The van der Waals surface area contributed by atoms with Gasteiger partial charge in [-0.15, -0.1) is 12.4 Å². The van der Waals surface area contributed by atoms with Crippen LogP contribution in [-0.2, 0) is 0 Å². The summed E-state index contributed by atoms with van der Waals surface area (Å²) in [6.45, 7) is 4.09. The van der Waals surface area contributed by atoms with Crippen molar-refractivity contribution in [3.8, 4) is 0 Å². The van der Waals surface area contributed by atoms with Gasteiger partial charge >= 0.3 is 6.03 Å². The number of rotatable bonds is 3. The molecular weight excluding hydrogens is 292 g/mol. The van der Waals surface area contributed by atoms with E-state index in [1.165, 1.54) is 0 Å². The monoisotopic (exact) mass is 312 g/mol. The summed E-state index contributed by atoms with van der Waals surface area (Å²) in [6.07, 6.45) is 0.927. The Kier molecular flexibility index (Phi) is 5.57. The van der Waals surface area contributed by atoms with Crippen LogP contribution in [0.1, 0.15) is 23.7 Å². The van der Waals surface area contributed by atoms with E-state index >= 15 is 0 Å². The van der Waals surface area contributed by atoms with Gasteiger partial charge in [-0.2, -0.15) is 0 Å². The molecule has 0 bridgehead atoms. The zero-order chi connectivity index (χ0) is 14.8. The van der Waals surface area contributed by atoms with Gasteiger partial charge in [0.2, 0.25) is 0 Å². The quantitative estimate of drug-likeness (QED) is 0.786. The minimum Gasteiger partial charge on any atom is -0.351 e. The second-order valence-corrected chi connectivity index (χ2v) is 5.56. The number of anilines is 1. The van der Waals surface area contributed by atoms with Crippen molar-refractivity contribution in [2.24, 2.45) is 16.9 Å². The number of nitrogens with two attached hydrogens (primary N) is 2. The fourth-order valence-electron chi connectivity index (χ4n) is 2.38. The highest BCUT2D eigenvalue weighted by Gasteiger charge is 2.35. The van der Waals surface area contributed by atoms with Crippen molar-refractivity contribution in [1.82, 2.24) is 4.90 Å². The van der Waals surface area contributed by atoms with E-state index in [2.05, 4.69) is 12.2 Å². The van der Waals surface area contributed by atoms with Crippen molar-refractivity contribution in [2.45, 2.75) is 13.3 Å². The van der Waals surface area contributed by atoms with E-state index in [1.807, 2.05) is 4.90 Å². The lowest BCUT2D eigenvalue weighted by molar-refractivity contribution is 0.0777. The number of carbonyl (C=O) groups excluding carboxylic acids is 2. The van der Waals surface area contributed by atoms with Crippen molar-refractivity contribution in [1.29, 1.82) is 0 Å². The Balaban J connectivity index is 0.00000220. The van der Waals surface area contributed by atoms with Crippen molar-refractivity contribution in [3.63, 3.8) is 0 Å². The standard InChI is InChI=1S/C14H20N4O2.ClH/c1-14(8-15)6-7-18(9-14)12(19)10-2-4-11(5-3-10)17-13(16)20;/h2-5H,6-9,15H2,1H3,(H3,16,17,20);1H. The molecule has 7 heteroatoms. The fraction of sp³-hybridized carbons (Fsp3) is 0.429. The van der Waals surface area contributed by atoms with Crippen LogP contribution in [-0.4, -0.2) is 36.5 Å². The molecule has 2 rings (SSSR count). The van der Waals surface area contributed by atoms with Crippen LogP contribution in [0.2, 0.25) is 0 Å². The maximum atomic E-state index is 12.4. The second-order valence-electron chi connectivity index (χ2n) is 5.56. The Labute approximate surface area is 130 Å². The molecule has 1 atom stereocenters. The number of hydrogen-bond donors (Lipinski definition) is 3. The number of likely N-dealkylation sites (tertiary alicyclic amines) is 1. The second kappa shape index (κ2) is 6.78. The molecule has 21 heavy (non-hydrogen) atoms. The van der Waals surface area contributed by atoms with Crippen molar-refractivity contribution in [3.05, 3.63) is 29.8 Å². The fourth-order valence-corrected chi connectivity index (χ4v) is 2.38. The molecule has 0 aromatic heterocycles. The van der Waals surface area contributed by atoms with Gasteiger partial charge in [-0.05, 0) is 42.6 Å². The molecule has 0 radical (unpaired) electrons. The summed E-state index contributed by atoms with van der Waals surface area (Å²) < 4.78 is 0. The lowest BCUT2D eigenvalue weighted by Crippen LogP contribution is -2.34. The number of nitrogens with zero attached hydrogens (tertiary/aromatic N) is 1. The van der Waals surface area contributed by atoms with Gasteiger partial charge in [-0.3, -0.25) is 4.79 Å². The number of amides is 3. The zero-order valence-corrected chi connectivity index (χ0v) is 12.8. The minimum absolute atomic E-state index is 0. The van der Waals surface area contributed by atoms with Crippen LogP contribution < -0.4 is 16.8 Å². The molecular formula is C14H21ClN4O2. The molecule has 0 saturated carbocycles. The molecule has 1 aromatic rings. The summed E-state index contributed by atoms with van der Waals surface area (Å²) in [5.74, 6) is -0.00667. The largest absolute Gasteiger partial charge is 0.351 e. The first-order valence-electron chi connectivity index (χ1n) is 6.59. The number of primary amides is 1. The highest BCUT2D eigenvalue weighted by molar-refractivity contribution is 5.95. The lowest BCUT2D eigenvalue weighted by Gasteiger charge is -2.22. The molecule has 116 valence electrons. The van der Waals surface area contributed by atoms with Crippen LogP contribution >= 0.6 is 12.4 Å². The first-order valence-corrected chi connectivity index (χ1v) is 6.59. The maximum Gasteiger partial charge on any atom is 0.316 e. The SMILES string of the molecule is CC1(CN)CCN(C(=O)c2ccc(NC(N)=O)cc2)C1.Cl. The van der Waals surface area contributed by atoms with E-state index in [1.54, 1.807) is 24.3 Å². The Morgan fingerprint density at radius 2 is 1.95 bits per heavy atom. The number of benzene rings is 1. The number of hydrogen-bond acceptors (Lipinski definition) is 3. The molecule has 1 unspecified atom stereocenters. The lowest BCUT2D eigenvalue weighted by atomic mass is 9.90. The molecule has 1 saturated heterocycles. The Hall–Kier alpha value is -1.79. The summed E-state index contributed by atoms with van der Waals surface area (Å²) in [5.41, 5.74) is 12.0. The molecule has 1 aromatic carbocycles. The summed E-state index contributed by atoms with van der Waals surface area (Å²) in [7, 11) is 0. The van der Waals surface area contributed by atoms with Crippen LogP contribution in [0.5, 0.6) is 0 Å². The molecule has 0 aliphatic carbocycles. The van der Waals surface area contributed by atoms with E-state index in [4.69, 9.17) is 11.5 Å². The van der Waals surface area contributed by atoms with E-state index in [0.29, 0.717) is 24.3 Å². The minimum atomic E-state index is -0.623. The topological polar surface area (TPSA) is 101 Å². The summed E-state index contributed by atoms with van der Waals surface area (Å²) in [6, 6.07) is 6.08. The number of urea groups is 1. The van der Waals surface area contributed by atoms with Crippen LogP contribution in [0.4, 0.5) is 10.5 Å². The van der Waals surface area contributed by atoms with Gasteiger partial charge in [0.15, 0.2) is 0 Å². The van der Waals surface area contributed by atoms with Gasteiger partial charge in [0.25, 0.3) is 5.91 Å². The zero-order valence-electron chi connectivity index (χ0n) is 12.0. The third kappa shape index (κ3) is 4.09. The van der Waals surface area contributed by atoms with Crippen molar-refractivity contribution >= 4 is 30.0 Å². The predicted octanol–water partition coefficient (Wildman–Crippen LogP) is 1.41. The molecule has 1 aliphatic rings. The normalized spacial score (nSPS) is 20.8. The Morgan fingerprint density at radius 1 is 1.33 bits per heavy atom. The van der Waals surface area contributed by atoms with Crippen LogP contribution in [0.25, 0.3) is 0 Å². The third-order valence-electron chi connectivity index (χ3n) is 3.74. The van der Waals surface area contributed by atoms with Gasteiger partial charge < -0.3 is 21.7 Å². The summed E-state index contributed by atoms with van der Waals surface area (Å²) in [4.78, 5) is 24.9. The first kappa shape index (κ1) is 17.3. The Morgan fingerprint density at radius 3 is 2.43 bits per heavy atom. The van der Waals surface area contributed by atoms with Crippen molar-refractivity contribution in [2.75, 3.05) is 25.0 Å². The number of carbonyl (C=O) groups is 2. The van der Waals surface area contributed by atoms with E-state index in [9.17, 15) is 9.59 Å². The molecule has 0 spiro atoms. The average molecular weight is 313 g/mol. The highest BCUT2D eigenvalue weighted by Crippen LogP contribution is 2.29. The van der Waals surface area contributed by atoms with Gasteiger partial charge in [0.1, 0.15) is 0 Å². The average Bonchev–Trinajstić information content (AvgIpc) is 2.82. The van der Waals surface area contributed by atoms with Gasteiger partial charge in [0.05, 0.1) is 0 Å². The maximum absolute atomic E-state index is 12.4. The molecule has 3 amide bonds. The van der Waals surface area contributed by atoms with E-state index in [-0.39, 0.29) is 23.7 Å². The number of halogens is 1. The Bertz CT molecular complexity index is 520. The van der Waals surface area contributed by atoms with Gasteiger partial charge in [-0.25, -0.2) is 4.79 Å². The summed E-state index contributed by atoms with van der Waals surface area (Å²) >= 11 is 0. The van der Waals surface area contributed by atoms with E-state index in [0.717, 1.165) is 13.0 Å². The molecule has 6 nitrogen and oxygen atoms in total. The predicted molar refractivity (Wildman–Crippen MR) is 84.6 cm³/mol. The highest BCUT2D eigenvalue weighted by atomic mass is 35.5. The molecule has 1 fully saturated rings. The third-order valence-corrected chi connectivity index (χ3v) is 3.74. The number of nitrogens with one attached hydrogen (secondary N) is 1. The van der Waals surface area contributed by atoms with Crippen LogP contribution in [0.3, 0.4) is 0 Å². The smallest absolute Gasteiger partial charge is 0.316 e. The van der Waals surface area contributed by atoms with Crippen LogP contribution in [0.15, 0.2) is 24.3 Å². The molecule has 1 heterocycles. The van der Waals surface area contributed by atoms with Gasteiger partial charge in [-0.1, -0.05) is 6.92 Å². The molecule has 5 N–H and O–H groups in total.